The van der Waals surface area contributed by atoms with Crippen molar-refractivity contribution in [3.05, 3.63) is 60.0 Å². The van der Waals surface area contributed by atoms with Crippen molar-refractivity contribution in [2.75, 3.05) is 31.7 Å². The molecule has 1 unspecified atom stereocenters. The highest BCUT2D eigenvalue weighted by Crippen LogP contribution is 2.33. The molecule has 0 bridgehead atoms. The molecule has 1 fully saturated rings. The second-order valence-corrected chi connectivity index (χ2v) is 7.42. The number of ether oxygens (including phenoxy) is 2. The van der Waals surface area contributed by atoms with Gasteiger partial charge in [-0.15, -0.1) is 0 Å². The fourth-order valence-electron chi connectivity index (χ4n) is 3.67. The van der Waals surface area contributed by atoms with Crippen LogP contribution in [0.15, 0.2) is 48.7 Å². The van der Waals surface area contributed by atoms with E-state index in [4.69, 9.17) is 15.2 Å². The van der Waals surface area contributed by atoms with E-state index in [0.29, 0.717) is 30.1 Å². The minimum atomic E-state index is -0.876. The van der Waals surface area contributed by atoms with Crippen molar-refractivity contribution in [3.8, 4) is 5.75 Å². The topological polar surface area (TPSA) is 81.4 Å². The summed E-state index contributed by atoms with van der Waals surface area (Å²) in [5.74, 6) is 0.150. The van der Waals surface area contributed by atoms with Gasteiger partial charge in [-0.05, 0) is 37.3 Å². The Morgan fingerprint density at radius 2 is 2.20 bits per heavy atom. The van der Waals surface area contributed by atoms with E-state index in [2.05, 4.69) is 15.6 Å². The van der Waals surface area contributed by atoms with Crippen LogP contribution in [-0.4, -0.2) is 37.6 Å². The zero-order valence-electron chi connectivity index (χ0n) is 16.6. The summed E-state index contributed by atoms with van der Waals surface area (Å²) in [5, 5.41) is 7.33. The molecule has 1 aromatic heterocycles. The van der Waals surface area contributed by atoms with Gasteiger partial charge in [-0.3, -0.25) is 4.98 Å². The largest absolute Gasteiger partial charge is 0.489 e. The maximum atomic E-state index is 14.6. The molecule has 0 saturated carbocycles. The number of alkyl halides is 1. The number of aromatic nitrogens is 1. The van der Waals surface area contributed by atoms with Crippen molar-refractivity contribution in [2.45, 2.75) is 18.8 Å². The van der Waals surface area contributed by atoms with Crippen LogP contribution in [0.1, 0.15) is 12.5 Å². The van der Waals surface area contributed by atoms with Gasteiger partial charge < -0.3 is 25.8 Å². The number of pyridine rings is 1. The summed E-state index contributed by atoms with van der Waals surface area (Å²) in [7, 11) is 0. The molecule has 158 valence electrons. The number of rotatable bonds is 6. The Labute approximate surface area is 173 Å². The maximum absolute atomic E-state index is 14.6. The second kappa shape index (κ2) is 8.51. The molecule has 0 spiro atoms. The van der Waals surface area contributed by atoms with Gasteiger partial charge in [-0.1, -0.05) is 12.1 Å². The number of anilines is 2. The summed E-state index contributed by atoms with van der Waals surface area (Å²) < 4.78 is 38.1. The minimum Gasteiger partial charge on any atom is -0.489 e. The highest BCUT2D eigenvalue weighted by Gasteiger charge is 2.35. The number of benzene rings is 2. The third-order valence-corrected chi connectivity index (χ3v) is 5.07. The molecule has 2 heterocycles. The van der Waals surface area contributed by atoms with Crippen LogP contribution in [0.5, 0.6) is 5.75 Å². The third-order valence-electron chi connectivity index (χ3n) is 5.07. The van der Waals surface area contributed by atoms with Crippen molar-refractivity contribution in [1.82, 2.24) is 10.3 Å². The van der Waals surface area contributed by atoms with Crippen molar-refractivity contribution < 1.29 is 18.3 Å². The third kappa shape index (κ3) is 4.21. The summed E-state index contributed by atoms with van der Waals surface area (Å²) in [4.78, 5) is 4.45. The number of morpholine rings is 1. The summed E-state index contributed by atoms with van der Waals surface area (Å²) in [6, 6.07) is 12.3. The minimum absolute atomic E-state index is 0.0111. The number of nitrogens with two attached hydrogens (primary N) is 1. The molecule has 4 N–H and O–H groups in total. The quantitative estimate of drug-likeness (QED) is 0.572. The fourth-order valence-corrected chi connectivity index (χ4v) is 3.67. The molecular formula is C22H24F2N4O2. The Morgan fingerprint density at radius 1 is 1.33 bits per heavy atom. The van der Waals surface area contributed by atoms with Crippen LogP contribution in [0.4, 0.5) is 20.2 Å². The Bertz CT molecular complexity index is 1050. The number of para-hydroxylation sites is 1. The number of fused-ring (bicyclic) bond motifs is 1. The van der Waals surface area contributed by atoms with Gasteiger partial charge >= 0.3 is 0 Å². The second-order valence-electron chi connectivity index (χ2n) is 7.42. The molecule has 8 heteroatoms. The number of nitrogens with zero attached hydrogens (tertiary/aromatic N) is 1. The molecule has 1 aliphatic rings. The first-order valence-electron chi connectivity index (χ1n) is 9.77. The van der Waals surface area contributed by atoms with Crippen LogP contribution >= 0.6 is 0 Å². The van der Waals surface area contributed by atoms with E-state index in [1.807, 2.05) is 31.2 Å². The van der Waals surface area contributed by atoms with Gasteiger partial charge in [-0.2, -0.15) is 0 Å². The van der Waals surface area contributed by atoms with Crippen molar-refractivity contribution in [3.63, 3.8) is 0 Å². The average molecular weight is 414 g/mol. The summed E-state index contributed by atoms with van der Waals surface area (Å²) in [6.07, 6.45) is 1.05. The number of hydrogen-bond acceptors (Lipinski definition) is 6. The van der Waals surface area contributed by atoms with Crippen LogP contribution in [0.2, 0.25) is 0 Å². The van der Waals surface area contributed by atoms with Gasteiger partial charge in [0.1, 0.15) is 36.7 Å². The first kappa shape index (κ1) is 20.5. The van der Waals surface area contributed by atoms with Gasteiger partial charge in [0.05, 0.1) is 17.4 Å². The van der Waals surface area contributed by atoms with Crippen molar-refractivity contribution >= 4 is 22.3 Å². The molecule has 6 nitrogen and oxygen atoms in total. The van der Waals surface area contributed by atoms with Gasteiger partial charge in [0, 0.05) is 29.7 Å². The molecule has 3 aromatic rings. The smallest absolute Gasteiger partial charge is 0.138 e. The van der Waals surface area contributed by atoms with Crippen LogP contribution < -0.4 is 21.1 Å². The Balaban J connectivity index is 1.64. The first-order chi connectivity index (χ1) is 14.5. The van der Waals surface area contributed by atoms with Gasteiger partial charge in [0.25, 0.3) is 0 Å². The predicted molar refractivity (Wildman–Crippen MR) is 112 cm³/mol. The Kier molecular flexibility index (Phi) is 5.80. The lowest BCUT2D eigenvalue weighted by atomic mass is 9.93. The lowest BCUT2D eigenvalue weighted by Gasteiger charge is -2.38. The SMILES string of the molecule is CC1(c2cc(Nc3cccc4cc(OCCF)cnc34)ccc2F)CNC[C@H](N)O1. The molecule has 2 aromatic carbocycles. The average Bonchev–Trinajstić information content (AvgIpc) is 2.73. The van der Waals surface area contributed by atoms with E-state index in [1.165, 1.54) is 6.07 Å². The summed E-state index contributed by atoms with van der Waals surface area (Å²) in [6.45, 7) is 2.23. The van der Waals surface area contributed by atoms with Crippen LogP contribution in [-0.2, 0) is 10.3 Å². The molecule has 0 amide bonds. The standard InChI is InChI=1S/C22H24F2N4O2/c1-22(13-26-12-20(25)30-22)17-10-15(5-6-18(17)24)28-19-4-2-3-14-9-16(29-8-7-23)11-27-21(14)19/h2-6,9-11,20,26,28H,7-8,12-13,25H2,1H3/t20-,22?/m1/s1. The van der Waals surface area contributed by atoms with E-state index in [-0.39, 0.29) is 12.4 Å². The van der Waals surface area contributed by atoms with Crippen LogP contribution in [0, 0.1) is 5.82 Å². The normalized spacial score (nSPS) is 21.5. The van der Waals surface area contributed by atoms with Gasteiger partial charge in [0.15, 0.2) is 0 Å². The molecule has 4 rings (SSSR count). The monoisotopic (exact) mass is 414 g/mol. The van der Waals surface area contributed by atoms with Crippen LogP contribution in [0.3, 0.4) is 0 Å². The maximum Gasteiger partial charge on any atom is 0.138 e. The molecular weight excluding hydrogens is 390 g/mol. The molecule has 2 atom stereocenters. The molecule has 30 heavy (non-hydrogen) atoms. The van der Waals surface area contributed by atoms with Gasteiger partial charge in [-0.25, -0.2) is 8.78 Å². The fraction of sp³-hybridized carbons (Fsp3) is 0.318. The van der Waals surface area contributed by atoms with Gasteiger partial charge in [0.2, 0.25) is 0 Å². The first-order valence-corrected chi connectivity index (χ1v) is 9.77. The lowest BCUT2D eigenvalue weighted by molar-refractivity contribution is -0.109. The summed E-state index contributed by atoms with van der Waals surface area (Å²) >= 11 is 0. The van der Waals surface area contributed by atoms with E-state index in [0.717, 1.165) is 16.6 Å². The highest BCUT2D eigenvalue weighted by atomic mass is 19.1. The van der Waals surface area contributed by atoms with Crippen molar-refractivity contribution in [2.24, 2.45) is 5.73 Å². The molecule has 1 aliphatic heterocycles. The lowest BCUT2D eigenvalue weighted by Crippen LogP contribution is -2.53. The Morgan fingerprint density at radius 3 is 3.00 bits per heavy atom. The van der Waals surface area contributed by atoms with E-state index in [9.17, 15) is 8.78 Å². The van der Waals surface area contributed by atoms with Crippen LogP contribution in [0.25, 0.3) is 10.9 Å². The van der Waals surface area contributed by atoms with E-state index < -0.39 is 18.5 Å². The molecule has 0 radical (unpaired) electrons. The number of hydrogen-bond donors (Lipinski definition) is 3. The predicted octanol–water partition coefficient (Wildman–Crippen LogP) is 3.59. The zero-order chi connectivity index (χ0) is 21.1. The highest BCUT2D eigenvalue weighted by molar-refractivity contribution is 5.92. The zero-order valence-corrected chi connectivity index (χ0v) is 16.6. The molecule has 1 saturated heterocycles. The number of halogens is 2. The Hall–Kier alpha value is -2.81. The number of nitrogens with one attached hydrogen (secondary N) is 2. The molecule has 0 aliphatic carbocycles. The van der Waals surface area contributed by atoms with E-state index >= 15 is 0 Å². The summed E-state index contributed by atoms with van der Waals surface area (Å²) in [5.41, 5.74) is 7.62. The van der Waals surface area contributed by atoms with Crippen molar-refractivity contribution in [1.29, 1.82) is 0 Å². The van der Waals surface area contributed by atoms with E-state index in [1.54, 1.807) is 18.3 Å².